The monoisotopic (exact) mass is 1030 g/mol. The number of allylic oxidation sites excluding steroid dienone is 2. The molecule has 0 nitrogen and oxygen atoms in total. The molecule has 2 aliphatic rings. The summed E-state index contributed by atoms with van der Waals surface area (Å²) in [4.78, 5) is 0. The van der Waals surface area contributed by atoms with Crippen molar-refractivity contribution in [1.82, 2.24) is 0 Å². The van der Waals surface area contributed by atoms with Gasteiger partial charge in [-0.15, -0.1) is 0 Å². The number of fused-ring (bicyclic) bond motifs is 4. The summed E-state index contributed by atoms with van der Waals surface area (Å²) in [5, 5.41) is 5.03. The summed E-state index contributed by atoms with van der Waals surface area (Å²) in [7, 11) is 18.0. The minimum atomic E-state index is -5.28. The molecule has 10 rings (SSSR count). The molecule has 0 amide bonds. The Hall–Kier alpha value is -4.57. The van der Waals surface area contributed by atoms with E-state index in [0.29, 0.717) is 0 Å². The van der Waals surface area contributed by atoms with Gasteiger partial charge in [0.2, 0.25) is 0 Å². The van der Waals surface area contributed by atoms with Crippen molar-refractivity contribution in [2.75, 3.05) is 0 Å². The van der Waals surface area contributed by atoms with Crippen LogP contribution >= 0.6 is 17.2 Å². The molecule has 0 radical (unpaired) electrons. The van der Waals surface area contributed by atoms with E-state index in [1.165, 1.54) is 99.5 Å². The van der Waals surface area contributed by atoms with Crippen LogP contribution in [-0.4, -0.2) is 5.98 Å². The van der Waals surface area contributed by atoms with Crippen LogP contribution in [0.1, 0.15) is 57.3 Å². The van der Waals surface area contributed by atoms with E-state index in [0.717, 1.165) is 0 Å². The second kappa shape index (κ2) is 15.9. The first kappa shape index (κ1) is 41.4. The van der Waals surface area contributed by atoms with Gasteiger partial charge in [0.15, 0.2) is 0 Å². The van der Waals surface area contributed by atoms with E-state index in [-0.39, 0.29) is 19.2 Å². The maximum atomic E-state index is 9.02. The van der Waals surface area contributed by atoms with Crippen molar-refractivity contribution in [3.8, 4) is 44.5 Å². The second-order valence-electron chi connectivity index (χ2n) is 18.6. The van der Waals surface area contributed by atoms with Crippen LogP contribution in [0.25, 0.3) is 78.2 Å². The van der Waals surface area contributed by atoms with Crippen LogP contribution in [0.2, 0.25) is 13.1 Å². The number of halogens is 2. The van der Waals surface area contributed by atoms with E-state index in [2.05, 4.69) is 223 Å². The molecule has 0 saturated carbocycles. The molecule has 0 heterocycles. The molecule has 0 N–H and O–H groups in total. The molecule has 8 aromatic carbocycles. The summed E-state index contributed by atoms with van der Waals surface area (Å²) in [6.45, 7) is 14.4. The van der Waals surface area contributed by atoms with Crippen molar-refractivity contribution in [2.24, 2.45) is 11.8 Å². The van der Waals surface area contributed by atoms with Gasteiger partial charge in [0.25, 0.3) is 0 Å². The van der Waals surface area contributed by atoms with E-state index in [9.17, 15) is 0 Å². The molecule has 62 heavy (non-hydrogen) atoms. The summed E-state index contributed by atoms with van der Waals surface area (Å²) < 4.78 is 0.0118. The molecular weight excluding hydrogens is 974 g/mol. The molecule has 0 spiro atoms. The summed E-state index contributed by atoms with van der Waals surface area (Å²) in [6.07, 6.45) is 5.03. The fourth-order valence-corrected chi connectivity index (χ4v) is 55.8. The van der Waals surface area contributed by atoms with E-state index in [1.807, 2.05) is 0 Å². The topological polar surface area (TPSA) is 0 Å². The molecule has 8 aromatic rings. The molecule has 0 bridgehead atoms. The molecular formula is C58H53Cl2HfSi. The molecule has 0 saturated heterocycles. The van der Waals surface area contributed by atoms with Crippen LogP contribution < -0.4 is 0 Å². The van der Waals surface area contributed by atoms with E-state index in [1.54, 1.807) is 0 Å². The Bertz CT molecular complexity index is 2920. The van der Waals surface area contributed by atoms with Crippen LogP contribution in [0.15, 0.2) is 181 Å². The third-order valence-corrected chi connectivity index (χ3v) is 86.9. The molecule has 307 valence electrons. The number of hydrogen-bond donors (Lipinski definition) is 0. The molecule has 2 atom stereocenters. The summed E-state index contributed by atoms with van der Waals surface area (Å²) in [6, 6.07) is 62.6. The normalized spacial score (nSPS) is 16.7. The zero-order valence-corrected chi connectivity index (χ0v) is 42.7. The zero-order valence-electron chi connectivity index (χ0n) is 36.5. The van der Waals surface area contributed by atoms with Crippen LogP contribution in [-0.2, 0) is 15.3 Å². The SMILES string of the molecule is CC(C)C1=Cc2c(-c3ccccc3-c3cccc4ccccc34)cccc2[CH]1[Hf]([Cl])([Cl])([CH]1C(C(C)C)=Cc2c(-c3ccccc3-c3cccc4ccccc34)cccc21)[SiH](C)C. The standard InChI is InChI=1S/2C28H23.C2H7Si.2ClH.Hf/c2*1-19(2)22-17-21-11-8-16-27(28(21)18-22)26-14-6-5-13-25(26)24-15-7-10-20-9-3-4-12-23(20)24;1-3-2;;;/h2*3-19H,1-2H3;3H,1-2H3;2*1H;/q;;;;;+2/p-2. The van der Waals surface area contributed by atoms with Gasteiger partial charge in [-0.25, -0.2) is 0 Å². The van der Waals surface area contributed by atoms with Gasteiger partial charge in [0, 0.05) is 0 Å². The molecule has 0 aliphatic heterocycles. The van der Waals surface area contributed by atoms with E-state index < -0.39 is 21.3 Å². The summed E-state index contributed by atoms with van der Waals surface area (Å²) in [5.74, 6) is -1.23. The van der Waals surface area contributed by atoms with E-state index >= 15 is 0 Å². The fourth-order valence-electron chi connectivity index (χ4n) is 11.2. The first-order valence-electron chi connectivity index (χ1n) is 22.4. The predicted octanol–water partition coefficient (Wildman–Crippen LogP) is 17.5. The van der Waals surface area contributed by atoms with Gasteiger partial charge in [-0.2, -0.15) is 0 Å². The zero-order chi connectivity index (χ0) is 42.9. The van der Waals surface area contributed by atoms with Crippen LogP contribution in [0, 0.1) is 11.8 Å². The number of rotatable bonds is 9. The fraction of sp³-hybridized carbons (Fsp3) is 0.172. The first-order chi connectivity index (χ1) is 30.0. The van der Waals surface area contributed by atoms with Crippen LogP contribution in [0.4, 0.5) is 0 Å². The molecule has 0 fully saturated rings. The summed E-state index contributed by atoms with van der Waals surface area (Å²) >= 11 is -5.28. The average Bonchev–Trinajstić information content (AvgIpc) is 3.91. The second-order valence-corrected chi connectivity index (χ2v) is 77.9. The van der Waals surface area contributed by atoms with Crippen molar-refractivity contribution in [2.45, 2.75) is 48.1 Å². The Kier molecular flexibility index (Phi) is 10.6. The van der Waals surface area contributed by atoms with E-state index in [4.69, 9.17) is 17.2 Å². The van der Waals surface area contributed by atoms with Gasteiger partial charge in [0.05, 0.1) is 0 Å². The molecule has 2 aliphatic carbocycles. The van der Waals surface area contributed by atoms with Crippen molar-refractivity contribution < 1.29 is 15.3 Å². The first-order valence-corrected chi connectivity index (χ1v) is 44.5. The van der Waals surface area contributed by atoms with Crippen LogP contribution in [0.3, 0.4) is 0 Å². The van der Waals surface area contributed by atoms with Gasteiger partial charge >= 0.3 is 380 Å². The Balaban J connectivity index is 1.17. The number of benzene rings is 8. The van der Waals surface area contributed by atoms with Crippen molar-refractivity contribution in [1.29, 1.82) is 0 Å². The third-order valence-electron chi connectivity index (χ3n) is 14.3. The van der Waals surface area contributed by atoms with Gasteiger partial charge in [0.1, 0.15) is 0 Å². The molecule has 2 unspecified atom stereocenters. The number of hydrogen-bond acceptors (Lipinski definition) is 0. The predicted molar refractivity (Wildman–Crippen MR) is 271 cm³/mol. The van der Waals surface area contributed by atoms with Crippen molar-refractivity contribution >= 4 is 56.8 Å². The Morgan fingerprint density at radius 2 is 0.694 bits per heavy atom. The summed E-state index contributed by atoms with van der Waals surface area (Å²) in [5.41, 5.74) is 18.0. The van der Waals surface area contributed by atoms with Gasteiger partial charge in [-0.3, -0.25) is 0 Å². The van der Waals surface area contributed by atoms with Gasteiger partial charge < -0.3 is 0 Å². The van der Waals surface area contributed by atoms with Crippen molar-refractivity contribution in [3.63, 3.8) is 0 Å². The Labute approximate surface area is 376 Å². The quantitative estimate of drug-likeness (QED) is 0.126. The Morgan fingerprint density at radius 3 is 1.08 bits per heavy atom. The average molecular weight is 1030 g/mol. The Morgan fingerprint density at radius 1 is 0.387 bits per heavy atom. The van der Waals surface area contributed by atoms with Gasteiger partial charge in [-0.05, 0) is 0 Å². The van der Waals surface area contributed by atoms with Crippen LogP contribution in [0.5, 0.6) is 0 Å². The maximum absolute atomic E-state index is 9.02. The molecule has 4 heteroatoms. The van der Waals surface area contributed by atoms with Gasteiger partial charge in [-0.1, -0.05) is 0 Å². The molecule has 0 aromatic heterocycles. The van der Waals surface area contributed by atoms with Crippen molar-refractivity contribution in [3.05, 3.63) is 203 Å². The minimum absolute atomic E-state index is 0.00592. The third kappa shape index (κ3) is 6.46.